The van der Waals surface area contributed by atoms with Crippen LogP contribution in [0.25, 0.3) is 0 Å². The van der Waals surface area contributed by atoms with Crippen LogP contribution in [0.3, 0.4) is 0 Å². The highest BCUT2D eigenvalue weighted by atomic mass is 32.1. The summed E-state index contributed by atoms with van der Waals surface area (Å²) in [5.74, 6) is 1.50. The van der Waals surface area contributed by atoms with E-state index in [1.165, 1.54) is 0 Å². The quantitative estimate of drug-likeness (QED) is 0.686. The van der Waals surface area contributed by atoms with Crippen molar-refractivity contribution in [2.75, 3.05) is 0 Å². The molecule has 0 spiro atoms. The van der Waals surface area contributed by atoms with Crippen LogP contribution in [0.2, 0.25) is 0 Å². The smallest absolute Gasteiger partial charge is 0.213 e. The number of hydrogen-bond donors (Lipinski definition) is 2. The van der Waals surface area contributed by atoms with E-state index in [4.69, 9.17) is 12.2 Å². The van der Waals surface area contributed by atoms with E-state index in [1.54, 1.807) is 0 Å². The predicted molar refractivity (Wildman–Crippen MR) is 47.1 cm³/mol. The van der Waals surface area contributed by atoms with E-state index >= 15 is 0 Å². The number of hydrogen-bond acceptors (Lipinski definition) is 2. The average Bonchev–Trinajstić information content (AvgIpc) is 2.39. The first-order chi connectivity index (χ1) is 5.27. The van der Waals surface area contributed by atoms with Crippen LogP contribution in [0.15, 0.2) is 0 Å². The number of nitrogens with one attached hydrogen (secondary N) is 2. The van der Waals surface area contributed by atoms with Crippen molar-refractivity contribution in [3.8, 4) is 0 Å². The van der Waals surface area contributed by atoms with Crippen LogP contribution in [-0.4, -0.2) is 15.2 Å². The normalized spacial score (nSPS) is 10.8. The molecule has 0 bridgehead atoms. The Kier molecular flexibility index (Phi) is 2.82. The molecule has 3 nitrogen and oxygen atoms in total. The van der Waals surface area contributed by atoms with Crippen molar-refractivity contribution >= 4 is 12.2 Å². The summed E-state index contributed by atoms with van der Waals surface area (Å²) in [4.78, 5) is 4.16. The molecule has 0 unspecified atom stereocenters. The first kappa shape index (κ1) is 8.46. The molecule has 62 valence electrons. The zero-order valence-electron chi connectivity index (χ0n) is 6.85. The van der Waals surface area contributed by atoms with E-state index in [0.29, 0.717) is 10.7 Å². The van der Waals surface area contributed by atoms with Gasteiger partial charge in [0.1, 0.15) is 5.82 Å². The lowest BCUT2D eigenvalue weighted by molar-refractivity contribution is 0.604. The number of H-pyrrole nitrogens is 2. The Labute approximate surface area is 71.2 Å². The summed E-state index contributed by atoms with van der Waals surface area (Å²) in [7, 11) is 0. The molecule has 0 saturated heterocycles. The van der Waals surface area contributed by atoms with Crippen molar-refractivity contribution < 1.29 is 0 Å². The van der Waals surface area contributed by atoms with Crippen molar-refractivity contribution in [1.29, 1.82) is 0 Å². The summed E-state index contributed by atoms with van der Waals surface area (Å²) in [5, 5.41) is 5.76. The lowest BCUT2D eigenvalue weighted by atomic mass is 10.0. The summed E-state index contributed by atoms with van der Waals surface area (Å²) in [6, 6.07) is 0. The molecule has 0 amide bonds. The molecule has 0 radical (unpaired) electrons. The van der Waals surface area contributed by atoms with Crippen LogP contribution in [0.1, 0.15) is 38.4 Å². The number of rotatable bonds is 3. The van der Waals surface area contributed by atoms with Crippen LogP contribution in [0, 0.1) is 4.77 Å². The Balaban J connectivity index is 2.81. The van der Waals surface area contributed by atoms with E-state index in [-0.39, 0.29) is 0 Å². The maximum atomic E-state index is 4.85. The average molecular weight is 171 g/mol. The van der Waals surface area contributed by atoms with Gasteiger partial charge in [0.15, 0.2) is 0 Å². The Morgan fingerprint density at radius 3 is 2.36 bits per heavy atom. The molecule has 1 aromatic rings. The molecule has 0 aliphatic heterocycles. The minimum absolute atomic E-state index is 0.517. The first-order valence-electron chi connectivity index (χ1n) is 3.92. The van der Waals surface area contributed by atoms with Crippen LogP contribution < -0.4 is 0 Å². The Hall–Kier alpha value is -0.640. The third-order valence-corrected chi connectivity index (χ3v) is 2.09. The highest BCUT2D eigenvalue weighted by Gasteiger charge is 2.08. The third kappa shape index (κ3) is 1.89. The van der Waals surface area contributed by atoms with Gasteiger partial charge in [0.2, 0.25) is 4.77 Å². The molecular weight excluding hydrogens is 158 g/mol. The molecule has 1 aromatic heterocycles. The maximum absolute atomic E-state index is 4.85. The molecule has 2 N–H and O–H groups in total. The second-order valence-corrected chi connectivity index (χ2v) is 2.95. The Bertz CT molecular complexity index is 259. The topological polar surface area (TPSA) is 44.5 Å². The summed E-state index contributed by atoms with van der Waals surface area (Å²) >= 11 is 4.85. The van der Waals surface area contributed by atoms with Crippen LogP contribution >= 0.6 is 12.2 Å². The van der Waals surface area contributed by atoms with Crippen molar-refractivity contribution in [1.82, 2.24) is 15.2 Å². The molecule has 1 rings (SSSR count). The van der Waals surface area contributed by atoms with Crippen LogP contribution in [-0.2, 0) is 0 Å². The fraction of sp³-hybridized carbons (Fsp3) is 0.714. The van der Waals surface area contributed by atoms with E-state index in [1.807, 2.05) is 0 Å². The molecule has 0 aliphatic rings. The summed E-state index contributed by atoms with van der Waals surface area (Å²) in [6.07, 6.45) is 2.21. The number of nitrogens with zero attached hydrogens (tertiary/aromatic N) is 1. The maximum Gasteiger partial charge on any atom is 0.213 e. The molecule has 1 heterocycles. The van der Waals surface area contributed by atoms with E-state index in [0.717, 1.165) is 18.7 Å². The van der Waals surface area contributed by atoms with Gasteiger partial charge in [-0.25, -0.2) is 4.98 Å². The van der Waals surface area contributed by atoms with Crippen molar-refractivity contribution in [2.45, 2.75) is 32.6 Å². The van der Waals surface area contributed by atoms with Gasteiger partial charge in [0, 0.05) is 5.92 Å². The molecule has 4 heteroatoms. The SMILES string of the molecule is CCC(CC)c1nc(=S)[nH][nH]1. The minimum atomic E-state index is 0.517. The van der Waals surface area contributed by atoms with Gasteiger partial charge in [-0.2, -0.15) is 0 Å². The zero-order valence-corrected chi connectivity index (χ0v) is 7.66. The van der Waals surface area contributed by atoms with Gasteiger partial charge in [0.25, 0.3) is 0 Å². The molecule has 0 aromatic carbocycles. The Morgan fingerprint density at radius 1 is 1.36 bits per heavy atom. The lowest BCUT2D eigenvalue weighted by Gasteiger charge is -2.06. The van der Waals surface area contributed by atoms with Gasteiger partial charge in [-0.15, -0.1) is 0 Å². The summed E-state index contributed by atoms with van der Waals surface area (Å²) in [5.41, 5.74) is 0. The molecule has 0 aliphatic carbocycles. The largest absolute Gasteiger partial charge is 0.285 e. The molecular formula is C7H13N3S. The first-order valence-corrected chi connectivity index (χ1v) is 4.33. The van der Waals surface area contributed by atoms with E-state index in [9.17, 15) is 0 Å². The molecule has 0 saturated carbocycles. The van der Waals surface area contributed by atoms with E-state index in [2.05, 4.69) is 29.0 Å². The van der Waals surface area contributed by atoms with Gasteiger partial charge >= 0.3 is 0 Å². The Morgan fingerprint density at radius 2 is 2.00 bits per heavy atom. The van der Waals surface area contributed by atoms with Gasteiger partial charge in [-0.3, -0.25) is 10.2 Å². The van der Waals surface area contributed by atoms with Gasteiger partial charge in [-0.1, -0.05) is 13.8 Å². The highest BCUT2D eigenvalue weighted by Crippen LogP contribution is 2.17. The van der Waals surface area contributed by atoms with Crippen LogP contribution in [0.5, 0.6) is 0 Å². The van der Waals surface area contributed by atoms with Gasteiger partial charge in [0.05, 0.1) is 0 Å². The monoisotopic (exact) mass is 171 g/mol. The van der Waals surface area contributed by atoms with Gasteiger partial charge in [-0.05, 0) is 25.1 Å². The fourth-order valence-electron chi connectivity index (χ4n) is 1.15. The van der Waals surface area contributed by atoms with Gasteiger partial charge < -0.3 is 0 Å². The zero-order chi connectivity index (χ0) is 8.27. The third-order valence-electron chi connectivity index (χ3n) is 1.89. The standard InChI is InChI=1S/C7H13N3S/c1-3-5(4-2)6-8-7(11)10-9-6/h5H,3-4H2,1-2H3,(H2,8,9,10,11). The molecule has 0 atom stereocenters. The number of aromatic amines is 2. The summed E-state index contributed by atoms with van der Waals surface area (Å²) in [6.45, 7) is 4.31. The number of aromatic nitrogens is 3. The lowest BCUT2D eigenvalue weighted by Crippen LogP contribution is -1.97. The highest BCUT2D eigenvalue weighted by molar-refractivity contribution is 7.71. The second-order valence-electron chi connectivity index (χ2n) is 2.57. The fourth-order valence-corrected chi connectivity index (χ4v) is 1.30. The second kappa shape index (κ2) is 3.67. The van der Waals surface area contributed by atoms with Crippen LogP contribution in [0.4, 0.5) is 0 Å². The predicted octanol–water partition coefficient (Wildman–Crippen LogP) is 2.37. The van der Waals surface area contributed by atoms with Crippen molar-refractivity contribution in [2.24, 2.45) is 0 Å². The minimum Gasteiger partial charge on any atom is -0.285 e. The molecule has 0 fully saturated rings. The van der Waals surface area contributed by atoms with Crippen molar-refractivity contribution in [3.63, 3.8) is 0 Å². The summed E-state index contributed by atoms with van der Waals surface area (Å²) < 4.78 is 0.548. The van der Waals surface area contributed by atoms with Crippen molar-refractivity contribution in [3.05, 3.63) is 10.6 Å². The molecule has 11 heavy (non-hydrogen) atoms. The van der Waals surface area contributed by atoms with E-state index < -0.39 is 0 Å².